The van der Waals surface area contributed by atoms with Gasteiger partial charge in [0.25, 0.3) is 0 Å². The third-order valence-corrected chi connectivity index (χ3v) is 3.39. The summed E-state index contributed by atoms with van der Waals surface area (Å²) in [4.78, 5) is 2.22. The van der Waals surface area contributed by atoms with E-state index in [0.29, 0.717) is 5.75 Å². The minimum atomic E-state index is -0.207. The van der Waals surface area contributed by atoms with Crippen molar-refractivity contribution in [3.05, 3.63) is 59.4 Å². The Morgan fingerprint density at radius 2 is 1.78 bits per heavy atom. The number of hydrogen-bond donors (Lipinski definition) is 1. The highest BCUT2D eigenvalue weighted by Crippen LogP contribution is 2.26. The molecule has 2 aromatic carbocycles. The summed E-state index contributed by atoms with van der Waals surface area (Å²) in [6.07, 6.45) is 0.904. The number of rotatable bonds is 1. The molecule has 0 unspecified atom stereocenters. The van der Waals surface area contributed by atoms with Gasteiger partial charge in [0.2, 0.25) is 0 Å². The van der Waals surface area contributed by atoms with Crippen molar-refractivity contribution in [3.63, 3.8) is 0 Å². The Hall–Kier alpha value is -2.03. The standard InChI is InChI=1S/C15H14FNO/c16-13-2-4-14(5-3-13)17-8-7-11-9-15(18)6-1-12(11)10-17/h1-6,9,18H,7-8,10H2. The highest BCUT2D eigenvalue weighted by atomic mass is 19.1. The molecule has 0 radical (unpaired) electrons. The molecule has 0 amide bonds. The molecular weight excluding hydrogens is 229 g/mol. The van der Waals surface area contributed by atoms with Crippen molar-refractivity contribution in [3.8, 4) is 5.75 Å². The van der Waals surface area contributed by atoms with Gasteiger partial charge in [0.1, 0.15) is 11.6 Å². The van der Waals surface area contributed by atoms with E-state index in [-0.39, 0.29) is 5.82 Å². The summed E-state index contributed by atoms with van der Waals surface area (Å²) < 4.78 is 12.9. The molecule has 1 aliphatic heterocycles. The van der Waals surface area contributed by atoms with Gasteiger partial charge >= 0.3 is 0 Å². The van der Waals surface area contributed by atoms with E-state index in [1.807, 2.05) is 12.1 Å². The van der Waals surface area contributed by atoms with Crippen molar-refractivity contribution in [1.82, 2.24) is 0 Å². The van der Waals surface area contributed by atoms with Crippen molar-refractivity contribution in [2.75, 3.05) is 11.4 Å². The van der Waals surface area contributed by atoms with Crippen molar-refractivity contribution in [2.24, 2.45) is 0 Å². The summed E-state index contributed by atoms with van der Waals surface area (Å²) in [6, 6.07) is 12.1. The van der Waals surface area contributed by atoms with Gasteiger partial charge in [-0.2, -0.15) is 0 Å². The van der Waals surface area contributed by atoms with Gasteiger partial charge in [0.15, 0.2) is 0 Å². The van der Waals surface area contributed by atoms with Crippen LogP contribution in [0.5, 0.6) is 5.75 Å². The predicted molar refractivity (Wildman–Crippen MR) is 69.3 cm³/mol. The van der Waals surface area contributed by atoms with Gasteiger partial charge < -0.3 is 10.0 Å². The molecular formula is C15H14FNO. The number of aromatic hydroxyl groups is 1. The Labute approximate surface area is 105 Å². The molecule has 0 fully saturated rings. The van der Waals surface area contributed by atoms with Crippen LogP contribution in [0.2, 0.25) is 0 Å². The summed E-state index contributed by atoms with van der Waals surface area (Å²) in [5, 5.41) is 9.45. The van der Waals surface area contributed by atoms with Crippen molar-refractivity contribution in [2.45, 2.75) is 13.0 Å². The largest absolute Gasteiger partial charge is 0.508 e. The fourth-order valence-corrected chi connectivity index (χ4v) is 2.41. The third-order valence-electron chi connectivity index (χ3n) is 3.39. The van der Waals surface area contributed by atoms with E-state index in [0.717, 1.165) is 25.2 Å². The number of phenols is 1. The molecule has 0 spiro atoms. The highest BCUT2D eigenvalue weighted by molar-refractivity contribution is 5.50. The first-order chi connectivity index (χ1) is 8.72. The van der Waals surface area contributed by atoms with Gasteiger partial charge in [0.05, 0.1) is 0 Å². The zero-order chi connectivity index (χ0) is 12.5. The summed E-state index contributed by atoms with van der Waals surface area (Å²) in [5.41, 5.74) is 3.46. The molecule has 1 aliphatic rings. The number of anilines is 1. The number of nitrogens with zero attached hydrogens (tertiary/aromatic N) is 1. The molecule has 0 saturated heterocycles. The van der Waals surface area contributed by atoms with Gasteiger partial charge in [-0.1, -0.05) is 6.07 Å². The van der Waals surface area contributed by atoms with E-state index in [1.165, 1.54) is 23.3 Å². The van der Waals surface area contributed by atoms with Crippen LogP contribution >= 0.6 is 0 Å². The number of phenolic OH excluding ortho intramolecular Hbond substituents is 1. The molecule has 18 heavy (non-hydrogen) atoms. The topological polar surface area (TPSA) is 23.5 Å². The van der Waals surface area contributed by atoms with Crippen LogP contribution in [0.15, 0.2) is 42.5 Å². The minimum absolute atomic E-state index is 0.207. The van der Waals surface area contributed by atoms with Gasteiger partial charge in [0, 0.05) is 18.8 Å². The maximum atomic E-state index is 12.9. The summed E-state index contributed by atoms with van der Waals surface area (Å²) >= 11 is 0. The van der Waals surface area contributed by atoms with E-state index in [9.17, 15) is 9.50 Å². The van der Waals surface area contributed by atoms with Crippen LogP contribution in [-0.4, -0.2) is 11.7 Å². The van der Waals surface area contributed by atoms with E-state index in [2.05, 4.69) is 4.90 Å². The fourth-order valence-electron chi connectivity index (χ4n) is 2.41. The quantitative estimate of drug-likeness (QED) is 0.832. The number of fused-ring (bicyclic) bond motifs is 1. The van der Waals surface area contributed by atoms with Crippen LogP contribution in [-0.2, 0) is 13.0 Å². The monoisotopic (exact) mass is 243 g/mol. The highest BCUT2D eigenvalue weighted by Gasteiger charge is 2.16. The second-order valence-electron chi connectivity index (χ2n) is 4.60. The van der Waals surface area contributed by atoms with E-state index < -0.39 is 0 Å². The second-order valence-corrected chi connectivity index (χ2v) is 4.60. The molecule has 1 heterocycles. The minimum Gasteiger partial charge on any atom is -0.508 e. The maximum absolute atomic E-state index is 12.9. The average molecular weight is 243 g/mol. The summed E-state index contributed by atoms with van der Waals surface area (Å²) in [5.74, 6) is 0.116. The lowest BCUT2D eigenvalue weighted by Gasteiger charge is -2.30. The molecule has 2 nitrogen and oxygen atoms in total. The first-order valence-corrected chi connectivity index (χ1v) is 6.04. The number of hydrogen-bond acceptors (Lipinski definition) is 2. The molecule has 3 rings (SSSR count). The Morgan fingerprint density at radius 3 is 2.56 bits per heavy atom. The number of halogens is 1. The maximum Gasteiger partial charge on any atom is 0.123 e. The average Bonchev–Trinajstić information content (AvgIpc) is 2.39. The lowest BCUT2D eigenvalue weighted by Crippen LogP contribution is -2.30. The molecule has 92 valence electrons. The normalized spacial score (nSPS) is 14.4. The number of benzene rings is 2. The SMILES string of the molecule is Oc1ccc2c(c1)CCN(c1ccc(F)cc1)C2. The predicted octanol–water partition coefficient (Wildman–Crippen LogP) is 3.09. The van der Waals surface area contributed by atoms with E-state index in [4.69, 9.17) is 0 Å². The summed E-state index contributed by atoms with van der Waals surface area (Å²) in [7, 11) is 0. The smallest absolute Gasteiger partial charge is 0.123 e. The lowest BCUT2D eigenvalue weighted by atomic mass is 9.99. The van der Waals surface area contributed by atoms with E-state index in [1.54, 1.807) is 18.2 Å². The Bertz CT molecular complexity index is 565. The zero-order valence-corrected chi connectivity index (χ0v) is 9.94. The molecule has 0 bridgehead atoms. The Morgan fingerprint density at radius 1 is 1.00 bits per heavy atom. The van der Waals surface area contributed by atoms with Gasteiger partial charge in [-0.25, -0.2) is 4.39 Å². The molecule has 0 aliphatic carbocycles. The van der Waals surface area contributed by atoms with Gasteiger partial charge in [-0.3, -0.25) is 0 Å². The van der Waals surface area contributed by atoms with Crippen LogP contribution in [0.4, 0.5) is 10.1 Å². The van der Waals surface area contributed by atoms with Crippen LogP contribution < -0.4 is 4.90 Å². The van der Waals surface area contributed by atoms with Crippen LogP contribution in [0.1, 0.15) is 11.1 Å². The van der Waals surface area contributed by atoms with Crippen molar-refractivity contribution >= 4 is 5.69 Å². The van der Waals surface area contributed by atoms with Gasteiger partial charge in [-0.15, -0.1) is 0 Å². The Balaban J connectivity index is 1.86. The first-order valence-electron chi connectivity index (χ1n) is 6.04. The fraction of sp³-hybridized carbons (Fsp3) is 0.200. The molecule has 0 atom stereocenters. The van der Waals surface area contributed by atoms with Crippen molar-refractivity contribution in [1.29, 1.82) is 0 Å². The summed E-state index contributed by atoms with van der Waals surface area (Å²) in [6.45, 7) is 1.70. The zero-order valence-electron chi connectivity index (χ0n) is 9.94. The molecule has 0 aromatic heterocycles. The Kier molecular flexibility index (Phi) is 2.67. The van der Waals surface area contributed by atoms with Gasteiger partial charge in [-0.05, 0) is 53.9 Å². The van der Waals surface area contributed by atoms with E-state index >= 15 is 0 Å². The molecule has 2 aromatic rings. The third kappa shape index (κ3) is 2.04. The first kappa shape index (κ1) is 11.1. The molecule has 3 heteroatoms. The molecule has 0 saturated carbocycles. The van der Waals surface area contributed by atoms with Crippen molar-refractivity contribution < 1.29 is 9.50 Å². The molecule has 1 N–H and O–H groups in total. The van der Waals surface area contributed by atoms with Crippen LogP contribution in [0.3, 0.4) is 0 Å². The second kappa shape index (κ2) is 4.33. The van der Waals surface area contributed by atoms with Crippen LogP contribution in [0, 0.1) is 5.82 Å². The van der Waals surface area contributed by atoms with Crippen LogP contribution in [0.25, 0.3) is 0 Å². The lowest BCUT2D eigenvalue weighted by molar-refractivity contribution is 0.473.